The maximum atomic E-state index is 5.25. The van der Waals surface area contributed by atoms with E-state index in [4.69, 9.17) is 4.74 Å². The molecule has 14 heavy (non-hydrogen) atoms. The van der Waals surface area contributed by atoms with E-state index in [9.17, 15) is 0 Å². The Balaban J connectivity index is 1.62. The average molecular weight is 250 g/mol. The molecular weight excluding hydrogens is 232 g/mol. The molecule has 0 saturated carbocycles. The van der Waals surface area contributed by atoms with Crippen molar-refractivity contribution in [1.29, 1.82) is 0 Å². The highest BCUT2D eigenvalue weighted by Crippen LogP contribution is 2.39. The van der Waals surface area contributed by atoms with Gasteiger partial charge in [0.1, 0.15) is 0 Å². The van der Waals surface area contributed by atoms with E-state index in [1.54, 1.807) is 0 Å². The van der Waals surface area contributed by atoms with Crippen molar-refractivity contribution < 1.29 is 4.74 Å². The molecule has 4 heteroatoms. The molecule has 2 atom stereocenters. The Morgan fingerprint density at radius 2 is 2.29 bits per heavy atom. The minimum Gasteiger partial charge on any atom is -0.372 e. The van der Waals surface area contributed by atoms with Gasteiger partial charge < -0.3 is 4.74 Å². The Kier molecular flexibility index (Phi) is 4.86. The molecule has 0 bridgehead atoms. The lowest BCUT2D eigenvalue weighted by atomic mass is 10.4. The molecule has 0 amide bonds. The minimum absolute atomic E-state index is 0.593. The molecule has 82 valence electrons. The summed E-state index contributed by atoms with van der Waals surface area (Å²) in [6, 6.07) is 0. The monoisotopic (exact) mass is 250 g/mol. The molecule has 0 spiro atoms. The van der Waals surface area contributed by atoms with Gasteiger partial charge in [0.05, 0.1) is 17.3 Å². The van der Waals surface area contributed by atoms with E-state index in [-0.39, 0.29) is 0 Å². The van der Waals surface area contributed by atoms with Gasteiger partial charge in [0.15, 0.2) is 0 Å². The van der Waals surface area contributed by atoms with Crippen LogP contribution >= 0.6 is 35.3 Å². The van der Waals surface area contributed by atoms with Gasteiger partial charge in [-0.2, -0.15) is 11.8 Å². The summed E-state index contributed by atoms with van der Waals surface area (Å²) in [4.78, 5) is 0. The second-order valence-electron chi connectivity index (χ2n) is 3.80. The van der Waals surface area contributed by atoms with Gasteiger partial charge in [0, 0.05) is 22.5 Å². The third-order valence-corrected chi connectivity index (χ3v) is 7.22. The normalized spacial score (nSPS) is 28.5. The van der Waals surface area contributed by atoms with Gasteiger partial charge in [-0.25, -0.2) is 0 Å². The number of thioether (sulfide) groups is 3. The second kappa shape index (κ2) is 5.92. The third kappa shape index (κ3) is 3.87. The zero-order valence-electron chi connectivity index (χ0n) is 8.61. The molecule has 2 unspecified atom stereocenters. The van der Waals surface area contributed by atoms with E-state index in [1.807, 2.05) is 0 Å². The first-order chi connectivity index (χ1) is 6.88. The van der Waals surface area contributed by atoms with Crippen molar-refractivity contribution in [2.24, 2.45) is 0 Å². The molecule has 0 aromatic carbocycles. The van der Waals surface area contributed by atoms with Crippen LogP contribution in [0.15, 0.2) is 0 Å². The first-order valence-electron chi connectivity index (χ1n) is 5.35. The maximum absolute atomic E-state index is 5.25. The molecule has 0 aliphatic carbocycles. The van der Waals surface area contributed by atoms with Crippen molar-refractivity contribution in [3.63, 3.8) is 0 Å². The van der Waals surface area contributed by atoms with Crippen LogP contribution in [-0.2, 0) is 4.74 Å². The van der Waals surface area contributed by atoms with E-state index in [0.717, 1.165) is 16.4 Å². The summed E-state index contributed by atoms with van der Waals surface area (Å²) in [6.45, 7) is 3.30. The van der Waals surface area contributed by atoms with Gasteiger partial charge in [-0.3, -0.25) is 0 Å². The Labute approximate surface area is 99.5 Å². The molecule has 2 heterocycles. The summed E-state index contributed by atoms with van der Waals surface area (Å²) in [6.07, 6.45) is 3.27. The van der Waals surface area contributed by atoms with Crippen LogP contribution < -0.4 is 0 Å². The summed E-state index contributed by atoms with van der Waals surface area (Å²) in [5.74, 6) is 3.98. The topological polar surface area (TPSA) is 12.5 Å². The van der Waals surface area contributed by atoms with Crippen LogP contribution in [0.5, 0.6) is 0 Å². The molecule has 2 aliphatic heterocycles. The van der Waals surface area contributed by atoms with E-state index in [2.05, 4.69) is 42.2 Å². The zero-order chi connectivity index (χ0) is 9.80. The molecule has 2 aliphatic rings. The lowest BCUT2D eigenvalue weighted by Crippen LogP contribution is -2.23. The predicted molar refractivity (Wildman–Crippen MR) is 69.6 cm³/mol. The number of hydrogen-bond donors (Lipinski definition) is 0. The molecule has 0 N–H and O–H groups in total. The molecular formula is C10H18OS3. The molecule has 1 nitrogen and oxygen atoms in total. The average Bonchev–Trinajstić information content (AvgIpc) is 2.90. The van der Waals surface area contributed by atoms with E-state index in [0.29, 0.717) is 6.10 Å². The SMILES string of the molecule is CCCC(SCC1CO1)SC1CSC1. The Hall–Kier alpha value is 1.01. The Morgan fingerprint density at radius 1 is 1.50 bits per heavy atom. The summed E-state index contributed by atoms with van der Waals surface area (Å²) in [5, 5.41) is 0.948. The number of epoxide rings is 1. The van der Waals surface area contributed by atoms with Crippen LogP contribution in [0.25, 0.3) is 0 Å². The molecule has 2 saturated heterocycles. The molecule has 2 fully saturated rings. The lowest BCUT2D eigenvalue weighted by molar-refractivity contribution is 0.426. The number of hydrogen-bond acceptors (Lipinski definition) is 4. The summed E-state index contributed by atoms with van der Waals surface area (Å²) in [7, 11) is 0. The molecule has 0 aromatic heterocycles. The van der Waals surface area contributed by atoms with Crippen molar-refractivity contribution in [3.05, 3.63) is 0 Å². The van der Waals surface area contributed by atoms with Crippen LogP contribution in [0, 0.1) is 0 Å². The second-order valence-corrected chi connectivity index (χ2v) is 7.92. The van der Waals surface area contributed by atoms with Crippen LogP contribution in [0.1, 0.15) is 19.8 Å². The van der Waals surface area contributed by atoms with Gasteiger partial charge in [0.2, 0.25) is 0 Å². The highest BCUT2D eigenvalue weighted by Gasteiger charge is 2.27. The van der Waals surface area contributed by atoms with Crippen molar-refractivity contribution in [3.8, 4) is 0 Å². The van der Waals surface area contributed by atoms with Gasteiger partial charge in [-0.1, -0.05) is 13.3 Å². The van der Waals surface area contributed by atoms with Crippen molar-refractivity contribution >= 4 is 35.3 Å². The molecule has 0 aromatic rings. The summed E-state index contributed by atoms with van der Waals surface area (Å²) < 4.78 is 6.08. The smallest absolute Gasteiger partial charge is 0.0900 e. The molecule has 0 radical (unpaired) electrons. The fourth-order valence-corrected chi connectivity index (χ4v) is 5.79. The van der Waals surface area contributed by atoms with Gasteiger partial charge in [-0.05, 0) is 6.42 Å². The summed E-state index contributed by atoms with van der Waals surface area (Å²) in [5.41, 5.74) is 0. The predicted octanol–water partition coefficient (Wildman–Crippen LogP) is 3.09. The van der Waals surface area contributed by atoms with Gasteiger partial charge in [0.25, 0.3) is 0 Å². The standard InChI is InChI=1S/C10H18OS3/c1-2-3-10(13-5-8-4-11-8)14-9-6-12-7-9/h8-10H,2-7H2,1H3. The first kappa shape index (κ1) is 11.5. The van der Waals surface area contributed by atoms with E-state index < -0.39 is 0 Å². The van der Waals surface area contributed by atoms with Crippen LogP contribution in [0.3, 0.4) is 0 Å². The number of rotatable bonds is 7. The quantitative estimate of drug-likeness (QED) is 0.508. The van der Waals surface area contributed by atoms with Crippen LogP contribution in [-0.4, -0.2) is 39.8 Å². The minimum atomic E-state index is 0.593. The van der Waals surface area contributed by atoms with Crippen molar-refractivity contribution in [1.82, 2.24) is 0 Å². The number of ether oxygens (including phenoxy) is 1. The fraction of sp³-hybridized carbons (Fsp3) is 1.00. The van der Waals surface area contributed by atoms with E-state index >= 15 is 0 Å². The van der Waals surface area contributed by atoms with E-state index in [1.165, 1.54) is 30.1 Å². The maximum Gasteiger partial charge on any atom is 0.0900 e. The third-order valence-electron chi connectivity index (χ3n) is 2.35. The van der Waals surface area contributed by atoms with Crippen molar-refractivity contribution in [2.75, 3.05) is 23.9 Å². The highest BCUT2D eigenvalue weighted by molar-refractivity contribution is 8.18. The summed E-state index contributed by atoms with van der Waals surface area (Å²) >= 11 is 6.42. The zero-order valence-corrected chi connectivity index (χ0v) is 11.1. The lowest BCUT2D eigenvalue weighted by Gasteiger charge is -2.28. The van der Waals surface area contributed by atoms with Crippen molar-refractivity contribution in [2.45, 2.75) is 35.7 Å². The Morgan fingerprint density at radius 3 is 2.79 bits per heavy atom. The Bertz CT molecular complexity index is 169. The highest BCUT2D eigenvalue weighted by atomic mass is 32.2. The first-order valence-corrected chi connectivity index (χ1v) is 8.49. The van der Waals surface area contributed by atoms with Gasteiger partial charge >= 0.3 is 0 Å². The van der Waals surface area contributed by atoms with Gasteiger partial charge in [-0.15, -0.1) is 23.5 Å². The molecule has 2 rings (SSSR count). The fourth-order valence-electron chi connectivity index (χ4n) is 1.31. The van der Waals surface area contributed by atoms with Crippen LogP contribution in [0.4, 0.5) is 0 Å². The largest absolute Gasteiger partial charge is 0.372 e. The van der Waals surface area contributed by atoms with Crippen LogP contribution in [0.2, 0.25) is 0 Å².